The van der Waals surface area contributed by atoms with Crippen molar-refractivity contribution in [2.45, 2.75) is 46.2 Å². The maximum Gasteiger partial charge on any atom is 0.227 e. The average molecular weight is 382 g/mol. The van der Waals surface area contributed by atoms with Gasteiger partial charge in [0.2, 0.25) is 11.8 Å². The first kappa shape index (κ1) is 22.5. The van der Waals surface area contributed by atoms with Crippen molar-refractivity contribution in [1.82, 2.24) is 9.80 Å². The molecule has 2 atom stereocenters. The van der Waals surface area contributed by atoms with Crippen LogP contribution in [0.4, 0.5) is 0 Å². The molecule has 26 heavy (non-hydrogen) atoms. The highest BCUT2D eigenvalue weighted by atomic mass is 35.5. The van der Waals surface area contributed by atoms with E-state index in [1.807, 2.05) is 38.2 Å². The second-order valence-electron chi connectivity index (χ2n) is 7.62. The van der Waals surface area contributed by atoms with E-state index < -0.39 is 0 Å². The Hall–Kier alpha value is -1.59. The molecule has 0 spiro atoms. The van der Waals surface area contributed by atoms with Crippen LogP contribution in [0.3, 0.4) is 0 Å². The maximum absolute atomic E-state index is 12.6. The summed E-state index contributed by atoms with van der Waals surface area (Å²) in [6.07, 6.45) is 1.10. The summed E-state index contributed by atoms with van der Waals surface area (Å²) in [6, 6.07) is 8.27. The van der Waals surface area contributed by atoms with Gasteiger partial charge in [-0.1, -0.05) is 43.7 Å². The fraction of sp³-hybridized carbons (Fsp3) is 0.600. The molecule has 1 fully saturated rings. The Kier molecular flexibility index (Phi) is 8.57. The molecule has 0 saturated carbocycles. The van der Waals surface area contributed by atoms with Crippen molar-refractivity contribution in [2.75, 3.05) is 20.1 Å². The molecule has 1 saturated heterocycles. The van der Waals surface area contributed by atoms with Crippen LogP contribution >= 0.6 is 12.4 Å². The number of nitrogens with zero attached hydrogens (tertiary/aromatic N) is 2. The quantitative estimate of drug-likeness (QED) is 0.789. The lowest BCUT2D eigenvalue weighted by Crippen LogP contribution is -2.38. The fourth-order valence-corrected chi connectivity index (χ4v) is 3.10. The number of rotatable bonds is 7. The van der Waals surface area contributed by atoms with Crippen LogP contribution in [0.5, 0.6) is 0 Å². The molecule has 1 aliphatic heterocycles. The summed E-state index contributed by atoms with van der Waals surface area (Å²) >= 11 is 0. The molecule has 2 amide bonds. The number of likely N-dealkylation sites (tertiary alicyclic amines) is 1. The van der Waals surface area contributed by atoms with Gasteiger partial charge < -0.3 is 15.5 Å². The first-order valence-electron chi connectivity index (χ1n) is 9.11. The molecule has 0 aliphatic carbocycles. The Morgan fingerprint density at radius 2 is 1.92 bits per heavy atom. The van der Waals surface area contributed by atoms with Gasteiger partial charge in [0.1, 0.15) is 0 Å². The standard InChI is InChI=1S/C20H31N3O2.ClH/c1-14(2)18(21)9-10-22(4)20(25)17-11-19(24)23(13-17)12-16-7-5-15(3)6-8-16;/h5-8,14,17-18H,9-13,21H2,1-4H3;1H. The van der Waals surface area contributed by atoms with Crippen molar-refractivity contribution in [1.29, 1.82) is 0 Å². The summed E-state index contributed by atoms with van der Waals surface area (Å²) in [5.41, 5.74) is 8.36. The van der Waals surface area contributed by atoms with Gasteiger partial charge in [-0.2, -0.15) is 0 Å². The van der Waals surface area contributed by atoms with Gasteiger partial charge in [-0.25, -0.2) is 0 Å². The Bertz CT molecular complexity index is 604. The maximum atomic E-state index is 12.6. The zero-order valence-corrected chi connectivity index (χ0v) is 17.1. The summed E-state index contributed by atoms with van der Waals surface area (Å²) in [5, 5.41) is 0. The molecule has 1 aromatic carbocycles. The number of hydrogen-bond donors (Lipinski definition) is 1. The molecule has 0 aromatic heterocycles. The SMILES string of the molecule is Cc1ccc(CN2CC(C(=O)N(C)CCC(N)C(C)C)CC2=O)cc1.Cl. The molecular formula is C20H32ClN3O2. The molecule has 0 radical (unpaired) electrons. The third kappa shape index (κ3) is 5.99. The Morgan fingerprint density at radius 3 is 2.50 bits per heavy atom. The van der Waals surface area contributed by atoms with Gasteiger partial charge >= 0.3 is 0 Å². The molecule has 146 valence electrons. The van der Waals surface area contributed by atoms with Crippen LogP contribution < -0.4 is 5.73 Å². The van der Waals surface area contributed by atoms with Crippen LogP contribution in [0.2, 0.25) is 0 Å². The van der Waals surface area contributed by atoms with Crippen LogP contribution in [0, 0.1) is 18.8 Å². The third-order valence-electron chi connectivity index (χ3n) is 5.09. The van der Waals surface area contributed by atoms with Gasteiger partial charge in [0.15, 0.2) is 0 Å². The fourth-order valence-electron chi connectivity index (χ4n) is 3.10. The van der Waals surface area contributed by atoms with Crippen LogP contribution in [0.25, 0.3) is 0 Å². The number of nitrogens with two attached hydrogens (primary N) is 1. The van der Waals surface area contributed by atoms with E-state index in [4.69, 9.17) is 5.73 Å². The van der Waals surface area contributed by atoms with E-state index in [1.165, 1.54) is 5.56 Å². The summed E-state index contributed by atoms with van der Waals surface area (Å²) in [4.78, 5) is 28.4. The zero-order chi connectivity index (χ0) is 18.6. The monoisotopic (exact) mass is 381 g/mol. The lowest BCUT2D eigenvalue weighted by molar-refractivity contribution is -0.134. The van der Waals surface area contributed by atoms with Crippen LogP contribution in [-0.4, -0.2) is 47.8 Å². The number of aryl methyl sites for hydroxylation is 1. The minimum absolute atomic E-state index is 0. The molecule has 5 nitrogen and oxygen atoms in total. The van der Waals surface area contributed by atoms with Gasteiger partial charge in [0.05, 0.1) is 5.92 Å². The van der Waals surface area contributed by atoms with Crippen molar-refractivity contribution < 1.29 is 9.59 Å². The van der Waals surface area contributed by atoms with Gasteiger partial charge in [-0.3, -0.25) is 9.59 Å². The molecule has 0 bridgehead atoms. The van der Waals surface area contributed by atoms with Gasteiger partial charge in [-0.15, -0.1) is 12.4 Å². The van der Waals surface area contributed by atoms with Gasteiger partial charge in [0.25, 0.3) is 0 Å². The average Bonchev–Trinajstić information content (AvgIpc) is 2.94. The third-order valence-corrected chi connectivity index (χ3v) is 5.09. The molecule has 1 aliphatic rings. The van der Waals surface area contributed by atoms with Crippen molar-refractivity contribution in [3.8, 4) is 0 Å². The number of carbonyl (C=O) groups excluding carboxylic acids is 2. The molecule has 6 heteroatoms. The largest absolute Gasteiger partial charge is 0.345 e. The van der Waals surface area contributed by atoms with Crippen molar-refractivity contribution in [3.63, 3.8) is 0 Å². The zero-order valence-electron chi connectivity index (χ0n) is 16.3. The second kappa shape index (κ2) is 9.93. The second-order valence-corrected chi connectivity index (χ2v) is 7.62. The smallest absolute Gasteiger partial charge is 0.227 e. The predicted octanol–water partition coefficient (Wildman–Crippen LogP) is 2.60. The van der Waals surface area contributed by atoms with Crippen LogP contribution in [-0.2, 0) is 16.1 Å². The summed E-state index contributed by atoms with van der Waals surface area (Å²) in [7, 11) is 1.81. The van der Waals surface area contributed by atoms with E-state index in [9.17, 15) is 9.59 Å². The normalized spacial score (nSPS) is 18.0. The van der Waals surface area contributed by atoms with E-state index in [2.05, 4.69) is 13.8 Å². The number of halogens is 1. The summed E-state index contributed by atoms with van der Waals surface area (Å²) < 4.78 is 0. The number of carbonyl (C=O) groups is 2. The highest BCUT2D eigenvalue weighted by Gasteiger charge is 2.35. The van der Waals surface area contributed by atoms with Crippen molar-refractivity contribution in [3.05, 3.63) is 35.4 Å². The molecule has 1 heterocycles. The Labute approximate surface area is 163 Å². The number of amides is 2. The minimum Gasteiger partial charge on any atom is -0.345 e. The molecule has 2 N–H and O–H groups in total. The first-order chi connectivity index (χ1) is 11.8. The molecule has 1 aromatic rings. The number of benzene rings is 1. The van der Waals surface area contributed by atoms with Crippen LogP contribution in [0.1, 0.15) is 37.8 Å². The number of hydrogen-bond acceptors (Lipinski definition) is 3. The molecule has 2 rings (SSSR count). The van der Waals surface area contributed by atoms with Crippen molar-refractivity contribution >= 4 is 24.2 Å². The lowest BCUT2D eigenvalue weighted by Gasteiger charge is -2.24. The molecular weight excluding hydrogens is 350 g/mol. The van der Waals surface area contributed by atoms with E-state index >= 15 is 0 Å². The molecule has 2 unspecified atom stereocenters. The van der Waals surface area contributed by atoms with E-state index in [1.54, 1.807) is 9.80 Å². The summed E-state index contributed by atoms with van der Waals surface area (Å²) in [5.74, 6) is 0.279. The van der Waals surface area contributed by atoms with Gasteiger partial charge in [-0.05, 0) is 24.8 Å². The first-order valence-corrected chi connectivity index (χ1v) is 9.11. The highest BCUT2D eigenvalue weighted by Crippen LogP contribution is 2.22. The van der Waals surface area contributed by atoms with E-state index in [0.29, 0.717) is 32.0 Å². The Morgan fingerprint density at radius 1 is 1.31 bits per heavy atom. The minimum atomic E-state index is -0.238. The topological polar surface area (TPSA) is 66.6 Å². The summed E-state index contributed by atoms with van der Waals surface area (Å²) in [6.45, 7) is 7.94. The van der Waals surface area contributed by atoms with E-state index in [0.717, 1.165) is 12.0 Å². The lowest BCUT2D eigenvalue weighted by atomic mass is 10.0. The highest BCUT2D eigenvalue weighted by molar-refractivity contribution is 5.89. The van der Waals surface area contributed by atoms with E-state index in [-0.39, 0.29) is 36.2 Å². The Balaban J connectivity index is 0.00000338. The van der Waals surface area contributed by atoms with Gasteiger partial charge in [0, 0.05) is 39.1 Å². The van der Waals surface area contributed by atoms with Crippen LogP contribution in [0.15, 0.2) is 24.3 Å². The predicted molar refractivity (Wildman–Crippen MR) is 107 cm³/mol. The van der Waals surface area contributed by atoms with Crippen molar-refractivity contribution in [2.24, 2.45) is 17.6 Å².